The van der Waals surface area contributed by atoms with Gasteiger partial charge in [0.25, 0.3) is 11.8 Å². The quantitative estimate of drug-likeness (QED) is 0.421. The van der Waals surface area contributed by atoms with Crippen molar-refractivity contribution in [2.24, 2.45) is 5.10 Å². The highest BCUT2D eigenvalue weighted by molar-refractivity contribution is 6.49. The Morgan fingerprint density at radius 2 is 1.49 bits per heavy atom. The normalized spacial score (nSPS) is 15.6. The van der Waals surface area contributed by atoms with E-state index in [4.69, 9.17) is 4.74 Å². The number of hydrogen-bond acceptors (Lipinski definition) is 5. The Bertz CT molecular complexity index is 1250. The average Bonchev–Trinajstić information content (AvgIpc) is 3.15. The minimum Gasteiger partial charge on any atom is -0.484 e. The van der Waals surface area contributed by atoms with Gasteiger partial charge in [0.15, 0.2) is 12.3 Å². The number of carbonyl (C=O) groups is 2. The molecule has 3 aromatic rings. The molecule has 0 atom stereocenters. The SMILES string of the molecule is C=C1/C(=N/NC(=O)COc2ccccc2)C(=O)N(CN(Cc2ccccc2)Cc2ccccc2)/C1=C/C. The van der Waals surface area contributed by atoms with Crippen LogP contribution < -0.4 is 10.2 Å². The summed E-state index contributed by atoms with van der Waals surface area (Å²) in [5.41, 5.74) is 5.97. The Labute approximate surface area is 217 Å². The van der Waals surface area contributed by atoms with Crippen LogP contribution in [0.15, 0.2) is 120 Å². The van der Waals surface area contributed by atoms with Crippen molar-refractivity contribution in [1.29, 1.82) is 0 Å². The molecule has 37 heavy (non-hydrogen) atoms. The molecule has 1 heterocycles. The second kappa shape index (κ2) is 12.5. The standard InChI is InChI=1S/C30H30N4O3/c1-3-27-23(2)29(32-31-28(35)21-37-26-17-11-6-12-18-26)30(36)34(27)22-33(19-24-13-7-4-8-14-24)20-25-15-9-5-10-16-25/h3-18H,2,19-22H2,1H3,(H,31,35)/b27-3+,32-29-. The van der Waals surface area contributed by atoms with Gasteiger partial charge < -0.3 is 4.74 Å². The maximum atomic E-state index is 13.4. The van der Waals surface area contributed by atoms with Crippen molar-refractivity contribution in [1.82, 2.24) is 15.2 Å². The molecule has 1 fully saturated rings. The number of nitrogens with zero attached hydrogens (tertiary/aromatic N) is 3. The number of carbonyl (C=O) groups excluding carboxylic acids is 2. The lowest BCUT2D eigenvalue weighted by Crippen LogP contribution is -2.38. The van der Waals surface area contributed by atoms with Crippen LogP contribution in [0.25, 0.3) is 0 Å². The highest BCUT2D eigenvalue weighted by Gasteiger charge is 2.36. The molecule has 1 aliphatic rings. The Hall–Kier alpha value is -4.49. The molecule has 4 rings (SSSR count). The lowest BCUT2D eigenvalue weighted by molar-refractivity contribution is -0.123. The molecule has 1 saturated heterocycles. The van der Waals surface area contributed by atoms with Crippen molar-refractivity contribution in [3.05, 3.63) is 126 Å². The first kappa shape index (κ1) is 25.6. The number of amides is 2. The molecule has 1 aliphatic heterocycles. The first-order chi connectivity index (χ1) is 18.0. The Morgan fingerprint density at radius 1 is 0.946 bits per heavy atom. The molecule has 0 saturated carbocycles. The predicted molar refractivity (Wildman–Crippen MR) is 144 cm³/mol. The minimum absolute atomic E-state index is 0.112. The second-order valence-electron chi connectivity index (χ2n) is 8.58. The smallest absolute Gasteiger partial charge is 0.280 e. The van der Waals surface area contributed by atoms with Crippen LogP contribution in [0.3, 0.4) is 0 Å². The molecule has 0 aromatic heterocycles. The van der Waals surface area contributed by atoms with Crippen molar-refractivity contribution in [3.63, 3.8) is 0 Å². The maximum Gasteiger partial charge on any atom is 0.280 e. The molecule has 1 N–H and O–H groups in total. The lowest BCUT2D eigenvalue weighted by atomic mass is 10.1. The largest absolute Gasteiger partial charge is 0.484 e. The molecule has 0 radical (unpaired) electrons. The van der Waals surface area contributed by atoms with Crippen LogP contribution in [0.5, 0.6) is 5.75 Å². The molecule has 3 aromatic carbocycles. The first-order valence-corrected chi connectivity index (χ1v) is 12.1. The number of rotatable bonds is 10. The fourth-order valence-corrected chi connectivity index (χ4v) is 4.09. The van der Waals surface area contributed by atoms with E-state index in [-0.39, 0.29) is 18.2 Å². The van der Waals surface area contributed by atoms with Crippen molar-refractivity contribution in [2.75, 3.05) is 13.3 Å². The van der Waals surface area contributed by atoms with Gasteiger partial charge in [-0.25, -0.2) is 5.43 Å². The molecule has 7 heteroatoms. The van der Waals surface area contributed by atoms with Crippen LogP contribution in [0.4, 0.5) is 0 Å². The van der Waals surface area contributed by atoms with E-state index in [9.17, 15) is 9.59 Å². The van der Waals surface area contributed by atoms with Crippen molar-refractivity contribution in [2.45, 2.75) is 20.0 Å². The molecule has 0 spiro atoms. The van der Waals surface area contributed by atoms with E-state index in [0.29, 0.717) is 36.8 Å². The average molecular weight is 495 g/mol. The molecular weight excluding hydrogens is 464 g/mol. The zero-order valence-corrected chi connectivity index (χ0v) is 20.8. The highest BCUT2D eigenvalue weighted by atomic mass is 16.5. The van der Waals surface area contributed by atoms with Gasteiger partial charge in [0.1, 0.15) is 5.75 Å². The van der Waals surface area contributed by atoms with Crippen LogP contribution in [0.2, 0.25) is 0 Å². The summed E-state index contributed by atoms with van der Waals surface area (Å²) >= 11 is 0. The molecule has 2 amide bonds. The van der Waals surface area contributed by atoms with Gasteiger partial charge in [-0.2, -0.15) is 5.10 Å². The van der Waals surface area contributed by atoms with E-state index in [1.54, 1.807) is 17.0 Å². The molecular formula is C30H30N4O3. The summed E-state index contributed by atoms with van der Waals surface area (Å²) in [7, 11) is 0. The molecule has 7 nitrogen and oxygen atoms in total. The summed E-state index contributed by atoms with van der Waals surface area (Å²) in [5, 5.41) is 4.11. The third kappa shape index (κ3) is 6.80. The van der Waals surface area contributed by atoms with E-state index in [0.717, 1.165) is 11.1 Å². The molecule has 0 bridgehead atoms. The van der Waals surface area contributed by atoms with E-state index < -0.39 is 5.91 Å². The number of para-hydroxylation sites is 1. The van der Waals surface area contributed by atoms with Gasteiger partial charge in [-0.05, 0) is 30.2 Å². The number of benzene rings is 3. The van der Waals surface area contributed by atoms with Crippen LogP contribution in [0.1, 0.15) is 18.1 Å². The Morgan fingerprint density at radius 3 is 2.03 bits per heavy atom. The van der Waals surface area contributed by atoms with Crippen molar-refractivity contribution in [3.8, 4) is 5.75 Å². The van der Waals surface area contributed by atoms with Gasteiger partial charge in [0.2, 0.25) is 0 Å². The van der Waals surface area contributed by atoms with E-state index in [1.165, 1.54) is 0 Å². The Kier molecular flexibility index (Phi) is 8.62. The van der Waals surface area contributed by atoms with Gasteiger partial charge >= 0.3 is 0 Å². The number of allylic oxidation sites excluding steroid dienone is 2. The van der Waals surface area contributed by atoms with Crippen molar-refractivity contribution >= 4 is 17.5 Å². The predicted octanol–water partition coefficient (Wildman–Crippen LogP) is 4.50. The zero-order valence-electron chi connectivity index (χ0n) is 20.8. The highest BCUT2D eigenvalue weighted by Crippen LogP contribution is 2.26. The van der Waals surface area contributed by atoms with Gasteiger partial charge in [-0.15, -0.1) is 0 Å². The number of likely N-dealkylation sites (tertiary alicyclic amines) is 1. The van der Waals surface area contributed by atoms with Gasteiger partial charge in [-0.3, -0.25) is 19.4 Å². The van der Waals surface area contributed by atoms with E-state index in [2.05, 4.69) is 46.3 Å². The first-order valence-electron chi connectivity index (χ1n) is 12.1. The van der Waals surface area contributed by atoms with Gasteiger partial charge in [0.05, 0.1) is 12.4 Å². The third-order valence-electron chi connectivity index (χ3n) is 5.85. The van der Waals surface area contributed by atoms with Crippen molar-refractivity contribution < 1.29 is 14.3 Å². The van der Waals surface area contributed by atoms with Crippen LogP contribution in [-0.2, 0) is 22.7 Å². The number of hydrogen-bond donors (Lipinski definition) is 1. The van der Waals surface area contributed by atoms with E-state index in [1.807, 2.05) is 67.6 Å². The summed E-state index contributed by atoms with van der Waals surface area (Å²) in [5.74, 6) is -0.202. The summed E-state index contributed by atoms with van der Waals surface area (Å²) in [4.78, 5) is 29.5. The number of hydrazone groups is 1. The number of ether oxygens (including phenoxy) is 1. The Balaban J connectivity index is 1.47. The maximum absolute atomic E-state index is 13.4. The summed E-state index contributed by atoms with van der Waals surface area (Å²) < 4.78 is 5.45. The molecule has 188 valence electrons. The third-order valence-corrected chi connectivity index (χ3v) is 5.85. The summed E-state index contributed by atoms with van der Waals surface area (Å²) in [6, 6.07) is 29.3. The molecule has 0 aliphatic carbocycles. The van der Waals surface area contributed by atoms with Crippen LogP contribution >= 0.6 is 0 Å². The lowest BCUT2D eigenvalue weighted by Gasteiger charge is -2.28. The van der Waals surface area contributed by atoms with Crippen LogP contribution in [0, 0.1) is 0 Å². The topological polar surface area (TPSA) is 74.2 Å². The summed E-state index contributed by atoms with van der Waals surface area (Å²) in [6.07, 6.45) is 1.84. The monoisotopic (exact) mass is 494 g/mol. The molecule has 0 unspecified atom stereocenters. The second-order valence-corrected chi connectivity index (χ2v) is 8.58. The van der Waals surface area contributed by atoms with Crippen LogP contribution in [-0.4, -0.2) is 40.6 Å². The fraction of sp³-hybridized carbons (Fsp3) is 0.167. The van der Waals surface area contributed by atoms with E-state index >= 15 is 0 Å². The summed E-state index contributed by atoms with van der Waals surface area (Å²) in [6.45, 7) is 7.36. The minimum atomic E-state index is -0.466. The number of nitrogens with one attached hydrogen (secondary N) is 1. The van der Waals surface area contributed by atoms with Gasteiger partial charge in [-0.1, -0.05) is 91.5 Å². The zero-order chi connectivity index (χ0) is 26.0. The fourth-order valence-electron chi connectivity index (χ4n) is 4.09. The van der Waals surface area contributed by atoms with Gasteiger partial charge in [0, 0.05) is 18.7 Å².